The number of fused-ring (bicyclic) bond motifs is 1. The number of carbonyl (C=O) groups is 2. The van der Waals surface area contributed by atoms with Crippen LogP contribution >= 0.6 is 11.3 Å². The Labute approximate surface area is 173 Å². The number of pyridine rings is 1. The van der Waals surface area contributed by atoms with E-state index in [1.807, 2.05) is 0 Å². The molecule has 2 aromatic heterocycles. The molecule has 1 unspecified atom stereocenters. The fourth-order valence-electron chi connectivity index (χ4n) is 3.91. The number of alkyl halides is 3. The van der Waals surface area contributed by atoms with Gasteiger partial charge in [-0.1, -0.05) is 12.2 Å². The molecule has 1 aliphatic carbocycles. The fourth-order valence-corrected chi connectivity index (χ4v) is 5.04. The molecule has 1 fully saturated rings. The van der Waals surface area contributed by atoms with Crippen LogP contribution in [0.25, 0.3) is 10.2 Å². The van der Waals surface area contributed by atoms with Crippen molar-refractivity contribution in [1.82, 2.24) is 9.97 Å². The summed E-state index contributed by atoms with van der Waals surface area (Å²) in [7, 11) is 0. The molecule has 1 aliphatic heterocycles. The lowest BCUT2D eigenvalue weighted by Gasteiger charge is -2.33. The van der Waals surface area contributed by atoms with E-state index in [-0.39, 0.29) is 17.7 Å². The molecule has 10 heteroatoms. The number of hydrogen-bond donors (Lipinski definition) is 1. The smallest absolute Gasteiger partial charge is 0.431 e. The SMILES string of the molecule is O=CC1CCC(c2nc3cnc(N4C(C(F)(F)F)=CC=CC4C(=O)O)cc3s2)CC1. The predicted molar refractivity (Wildman–Crippen MR) is 105 cm³/mol. The molecule has 0 saturated heterocycles. The van der Waals surface area contributed by atoms with Crippen LogP contribution in [0.3, 0.4) is 0 Å². The van der Waals surface area contributed by atoms with E-state index in [9.17, 15) is 27.9 Å². The quantitative estimate of drug-likeness (QED) is 0.712. The number of allylic oxidation sites excluding steroid dienone is 3. The molecular formula is C20H18F3N3O3S. The molecule has 1 N–H and O–H groups in total. The van der Waals surface area contributed by atoms with Crippen molar-refractivity contribution in [3.63, 3.8) is 0 Å². The number of hydrogen-bond acceptors (Lipinski definition) is 6. The van der Waals surface area contributed by atoms with E-state index < -0.39 is 23.9 Å². The number of nitrogens with zero attached hydrogens (tertiary/aromatic N) is 3. The number of anilines is 1. The van der Waals surface area contributed by atoms with Gasteiger partial charge in [0.05, 0.1) is 21.4 Å². The highest BCUT2D eigenvalue weighted by molar-refractivity contribution is 7.18. The zero-order chi connectivity index (χ0) is 21.5. The number of aliphatic carboxylic acids is 1. The van der Waals surface area contributed by atoms with Crippen LogP contribution in [-0.4, -0.2) is 39.5 Å². The minimum Gasteiger partial charge on any atom is -0.479 e. The van der Waals surface area contributed by atoms with Crippen LogP contribution in [0.5, 0.6) is 0 Å². The highest BCUT2D eigenvalue weighted by Crippen LogP contribution is 2.40. The van der Waals surface area contributed by atoms with Crippen LogP contribution < -0.4 is 4.90 Å². The highest BCUT2D eigenvalue weighted by atomic mass is 32.1. The first-order valence-corrected chi connectivity index (χ1v) is 10.3. The second-order valence-electron chi connectivity index (χ2n) is 7.40. The first kappa shape index (κ1) is 20.5. The molecule has 0 aromatic carbocycles. The molecule has 1 atom stereocenters. The van der Waals surface area contributed by atoms with Crippen LogP contribution in [0.15, 0.2) is 36.2 Å². The van der Waals surface area contributed by atoms with Gasteiger partial charge in [0.25, 0.3) is 0 Å². The summed E-state index contributed by atoms with van der Waals surface area (Å²) in [5, 5.41) is 10.3. The van der Waals surface area contributed by atoms with Crippen LogP contribution in [0.4, 0.5) is 19.0 Å². The summed E-state index contributed by atoms with van der Waals surface area (Å²) in [6.07, 6.45) is 4.03. The maximum absolute atomic E-state index is 13.5. The molecule has 6 nitrogen and oxygen atoms in total. The lowest BCUT2D eigenvalue weighted by atomic mass is 9.83. The van der Waals surface area contributed by atoms with Gasteiger partial charge in [0.2, 0.25) is 0 Å². The summed E-state index contributed by atoms with van der Waals surface area (Å²) < 4.78 is 41.3. The van der Waals surface area contributed by atoms with Gasteiger partial charge in [-0.15, -0.1) is 11.3 Å². The van der Waals surface area contributed by atoms with Crippen molar-refractivity contribution in [3.8, 4) is 0 Å². The van der Waals surface area contributed by atoms with Crippen molar-refractivity contribution in [2.75, 3.05) is 4.90 Å². The summed E-state index contributed by atoms with van der Waals surface area (Å²) in [6.45, 7) is 0. The van der Waals surface area contributed by atoms with Crippen molar-refractivity contribution in [2.45, 2.75) is 43.8 Å². The lowest BCUT2D eigenvalue weighted by Crippen LogP contribution is -2.45. The van der Waals surface area contributed by atoms with Crippen molar-refractivity contribution < 1.29 is 27.9 Å². The average molecular weight is 437 g/mol. The Morgan fingerprint density at radius 3 is 2.63 bits per heavy atom. The molecule has 0 bridgehead atoms. The van der Waals surface area contributed by atoms with E-state index in [0.29, 0.717) is 15.1 Å². The topological polar surface area (TPSA) is 83.4 Å². The second-order valence-corrected chi connectivity index (χ2v) is 8.46. The van der Waals surface area contributed by atoms with Crippen molar-refractivity contribution in [3.05, 3.63) is 41.2 Å². The Balaban J connectivity index is 1.68. The number of halogens is 3. The monoisotopic (exact) mass is 437 g/mol. The highest BCUT2D eigenvalue weighted by Gasteiger charge is 2.43. The van der Waals surface area contributed by atoms with Gasteiger partial charge in [0.15, 0.2) is 6.04 Å². The van der Waals surface area contributed by atoms with Gasteiger partial charge in [-0.05, 0) is 31.8 Å². The molecule has 0 spiro atoms. The summed E-state index contributed by atoms with van der Waals surface area (Å²) in [5.41, 5.74) is -0.519. The van der Waals surface area contributed by atoms with Gasteiger partial charge in [0, 0.05) is 17.9 Å². The number of aromatic nitrogens is 2. The average Bonchev–Trinajstić information content (AvgIpc) is 3.16. The van der Waals surface area contributed by atoms with Crippen LogP contribution in [0, 0.1) is 5.92 Å². The molecule has 158 valence electrons. The number of carboxylic acids is 1. The van der Waals surface area contributed by atoms with Gasteiger partial charge in [-0.2, -0.15) is 13.2 Å². The van der Waals surface area contributed by atoms with E-state index in [2.05, 4.69) is 9.97 Å². The molecule has 2 aromatic rings. The second kappa shape index (κ2) is 7.82. The molecule has 2 aliphatic rings. The molecule has 0 radical (unpaired) electrons. The van der Waals surface area contributed by atoms with Crippen molar-refractivity contribution in [1.29, 1.82) is 0 Å². The van der Waals surface area contributed by atoms with E-state index >= 15 is 0 Å². The zero-order valence-corrected chi connectivity index (χ0v) is 16.5. The van der Waals surface area contributed by atoms with Crippen molar-refractivity contribution in [2.24, 2.45) is 5.92 Å². The summed E-state index contributed by atoms with van der Waals surface area (Å²) >= 11 is 1.38. The van der Waals surface area contributed by atoms with E-state index in [1.165, 1.54) is 29.7 Å². The third-order valence-electron chi connectivity index (χ3n) is 5.47. The maximum atomic E-state index is 13.5. The largest absolute Gasteiger partial charge is 0.479 e. The Bertz CT molecular complexity index is 1040. The molecule has 30 heavy (non-hydrogen) atoms. The third-order valence-corrected chi connectivity index (χ3v) is 6.65. The maximum Gasteiger partial charge on any atom is 0.431 e. The van der Waals surface area contributed by atoms with Gasteiger partial charge in [-0.25, -0.2) is 14.8 Å². The van der Waals surface area contributed by atoms with Gasteiger partial charge in [-0.3, -0.25) is 0 Å². The van der Waals surface area contributed by atoms with E-state index in [0.717, 1.165) is 49.1 Å². The summed E-state index contributed by atoms with van der Waals surface area (Å²) in [6, 6.07) is -0.0509. The number of carboxylic acid groups (broad SMARTS) is 1. The Kier molecular flexibility index (Phi) is 5.35. The minimum absolute atomic E-state index is 0.0802. The normalized spacial score (nSPS) is 24.7. The number of thiazole rings is 1. The number of rotatable bonds is 4. The molecular weight excluding hydrogens is 419 g/mol. The number of carbonyl (C=O) groups excluding carboxylic acids is 1. The minimum atomic E-state index is -4.73. The Morgan fingerprint density at radius 2 is 2.00 bits per heavy atom. The van der Waals surface area contributed by atoms with Gasteiger partial charge in [0.1, 0.15) is 17.8 Å². The summed E-state index contributed by atoms with van der Waals surface area (Å²) in [5.74, 6) is -1.21. The molecule has 3 heterocycles. The standard InChI is InChI=1S/C20H18F3N3O3S/c21-20(22,23)16-3-1-2-14(19(28)29)26(16)17-8-15-13(9-24-17)25-18(30-15)12-6-4-11(10-27)5-7-12/h1-3,8-12,14H,4-7H2,(H,28,29). The Hall–Kier alpha value is -2.75. The predicted octanol–water partition coefficient (Wildman–Crippen LogP) is 4.44. The van der Waals surface area contributed by atoms with Crippen molar-refractivity contribution >= 4 is 39.6 Å². The van der Waals surface area contributed by atoms with Crippen LogP contribution in [0.2, 0.25) is 0 Å². The van der Waals surface area contributed by atoms with Crippen LogP contribution in [0.1, 0.15) is 36.6 Å². The van der Waals surface area contributed by atoms with E-state index in [4.69, 9.17) is 0 Å². The first-order chi connectivity index (χ1) is 14.3. The fraction of sp³-hybridized carbons (Fsp3) is 0.400. The molecule has 1 saturated carbocycles. The zero-order valence-electron chi connectivity index (χ0n) is 15.7. The molecule has 4 rings (SSSR count). The number of aldehydes is 1. The summed E-state index contributed by atoms with van der Waals surface area (Å²) in [4.78, 5) is 31.9. The Morgan fingerprint density at radius 1 is 1.27 bits per heavy atom. The van der Waals surface area contributed by atoms with Gasteiger partial charge >= 0.3 is 12.1 Å². The third kappa shape index (κ3) is 3.83. The first-order valence-electron chi connectivity index (χ1n) is 9.47. The van der Waals surface area contributed by atoms with E-state index in [1.54, 1.807) is 0 Å². The van der Waals surface area contributed by atoms with Crippen LogP contribution in [-0.2, 0) is 9.59 Å². The van der Waals surface area contributed by atoms with Gasteiger partial charge < -0.3 is 14.8 Å². The molecule has 0 amide bonds. The lowest BCUT2D eigenvalue weighted by molar-refractivity contribution is -0.137.